The Hall–Kier alpha value is -2.94. The lowest BCUT2D eigenvalue weighted by atomic mass is 10.0. The summed E-state index contributed by atoms with van der Waals surface area (Å²) in [6.45, 7) is 4.21. The van der Waals surface area contributed by atoms with Crippen molar-refractivity contribution in [2.45, 2.75) is 19.8 Å². The van der Waals surface area contributed by atoms with Gasteiger partial charge in [0.25, 0.3) is 13.3 Å². The van der Waals surface area contributed by atoms with Crippen LogP contribution in [0.1, 0.15) is 41.3 Å². The van der Waals surface area contributed by atoms with E-state index >= 15 is 0 Å². The molecule has 0 bridgehead atoms. The summed E-state index contributed by atoms with van der Waals surface area (Å²) < 4.78 is 13.3. The van der Waals surface area contributed by atoms with Crippen molar-refractivity contribution in [2.24, 2.45) is 0 Å². The highest BCUT2D eigenvalue weighted by Gasteiger charge is 2.28. The molecule has 3 aromatic rings. The zero-order valence-corrected chi connectivity index (χ0v) is 17.3. The Balaban J connectivity index is 2.01. The predicted octanol–water partition coefficient (Wildman–Crippen LogP) is 5.13. The standard InChI is InChI=1S/C24H24NO3P/c1-18(2)20-15-13-19(14-16-20)17-23(25-24(26)21-9-5-3-6-10-21)29(27,28)22-11-7-4-8-12-22/h3-18H,1-2H3,(H,25,26)(H,27,28)/b23-17+. The van der Waals surface area contributed by atoms with Crippen LogP contribution in [0.15, 0.2) is 90.4 Å². The van der Waals surface area contributed by atoms with Gasteiger partial charge in [0.05, 0.1) is 0 Å². The van der Waals surface area contributed by atoms with E-state index < -0.39 is 13.3 Å². The summed E-state index contributed by atoms with van der Waals surface area (Å²) in [5.41, 5.74) is 2.31. The van der Waals surface area contributed by atoms with Gasteiger partial charge in [-0.3, -0.25) is 9.36 Å². The first-order valence-corrected chi connectivity index (χ1v) is 11.1. The Kier molecular flexibility index (Phi) is 6.48. The molecule has 1 unspecified atom stereocenters. The van der Waals surface area contributed by atoms with E-state index in [-0.39, 0.29) is 10.7 Å². The second-order valence-electron chi connectivity index (χ2n) is 7.08. The van der Waals surface area contributed by atoms with E-state index in [9.17, 15) is 14.3 Å². The number of nitrogens with one attached hydrogen (secondary N) is 1. The maximum absolute atomic E-state index is 13.3. The van der Waals surface area contributed by atoms with E-state index in [0.717, 1.165) is 5.56 Å². The minimum Gasteiger partial charge on any atom is -0.337 e. The third-order valence-electron chi connectivity index (χ3n) is 4.62. The number of hydrogen-bond donors (Lipinski definition) is 2. The highest BCUT2D eigenvalue weighted by molar-refractivity contribution is 7.70. The molecule has 2 N–H and O–H groups in total. The molecule has 3 aromatic carbocycles. The van der Waals surface area contributed by atoms with E-state index in [0.29, 0.717) is 11.5 Å². The molecule has 0 aromatic heterocycles. The summed E-state index contributed by atoms with van der Waals surface area (Å²) >= 11 is 0. The van der Waals surface area contributed by atoms with Crippen LogP contribution in [-0.4, -0.2) is 10.8 Å². The summed E-state index contributed by atoms with van der Waals surface area (Å²) in [5.74, 6) is -0.0422. The molecule has 0 aliphatic carbocycles. The van der Waals surface area contributed by atoms with Gasteiger partial charge in [-0.15, -0.1) is 0 Å². The Morgan fingerprint density at radius 2 is 1.45 bits per heavy atom. The highest BCUT2D eigenvalue weighted by atomic mass is 31.2. The molecule has 1 amide bonds. The molecule has 0 saturated carbocycles. The first-order valence-electron chi connectivity index (χ1n) is 9.45. The Bertz CT molecular complexity index is 1040. The van der Waals surface area contributed by atoms with Crippen molar-refractivity contribution in [3.63, 3.8) is 0 Å². The van der Waals surface area contributed by atoms with Crippen LogP contribution >= 0.6 is 7.37 Å². The van der Waals surface area contributed by atoms with Gasteiger partial charge in [-0.1, -0.05) is 74.5 Å². The molecule has 148 valence electrons. The predicted molar refractivity (Wildman–Crippen MR) is 118 cm³/mol. The van der Waals surface area contributed by atoms with Crippen LogP contribution in [0.4, 0.5) is 0 Å². The molecule has 0 aliphatic heterocycles. The summed E-state index contributed by atoms with van der Waals surface area (Å²) in [6, 6.07) is 24.7. The third kappa shape index (κ3) is 5.11. The molecule has 0 heterocycles. The van der Waals surface area contributed by atoms with Gasteiger partial charge in [0, 0.05) is 10.9 Å². The molecule has 0 aliphatic rings. The summed E-state index contributed by atoms with van der Waals surface area (Å²) in [7, 11) is -4.00. The molecule has 5 heteroatoms. The number of carbonyl (C=O) groups excluding carboxylic acids is 1. The van der Waals surface area contributed by atoms with Crippen molar-refractivity contribution in [3.05, 3.63) is 107 Å². The van der Waals surface area contributed by atoms with E-state index in [2.05, 4.69) is 19.2 Å². The van der Waals surface area contributed by atoms with Crippen LogP contribution in [0.25, 0.3) is 6.08 Å². The number of amides is 1. The van der Waals surface area contributed by atoms with Crippen molar-refractivity contribution in [2.75, 3.05) is 0 Å². The van der Waals surface area contributed by atoms with Gasteiger partial charge in [-0.25, -0.2) is 0 Å². The molecule has 0 radical (unpaired) electrons. The first-order chi connectivity index (χ1) is 13.9. The van der Waals surface area contributed by atoms with E-state index in [4.69, 9.17) is 0 Å². The van der Waals surface area contributed by atoms with E-state index in [1.165, 1.54) is 5.56 Å². The fourth-order valence-electron chi connectivity index (χ4n) is 2.88. The monoisotopic (exact) mass is 405 g/mol. The van der Waals surface area contributed by atoms with Crippen molar-refractivity contribution < 1.29 is 14.3 Å². The first kappa shape index (κ1) is 20.8. The Morgan fingerprint density at radius 1 is 0.897 bits per heavy atom. The molecular formula is C24H24NO3P. The van der Waals surface area contributed by atoms with Gasteiger partial charge in [0.1, 0.15) is 5.44 Å². The third-order valence-corrected chi connectivity index (χ3v) is 6.51. The van der Waals surface area contributed by atoms with E-state index in [1.54, 1.807) is 60.7 Å². The quantitative estimate of drug-likeness (QED) is 0.559. The van der Waals surface area contributed by atoms with Gasteiger partial charge >= 0.3 is 0 Å². The van der Waals surface area contributed by atoms with Crippen molar-refractivity contribution in [1.29, 1.82) is 0 Å². The molecule has 0 saturated heterocycles. The number of rotatable bonds is 6. The molecule has 0 fully saturated rings. The number of carbonyl (C=O) groups is 1. The second kappa shape index (κ2) is 9.04. The van der Waals surface area contributed by atoms with Gasteiger partial charge < -0.3 is 10.2 Å². The lowest BCUT2D eigenvalue weighted by Crippen LogP contribution is -2.25. The fraction of sp³-hybridized carbons (Fsp3) is 0.125. The minimum absolute atomic E-state index is 0.0187. The largest absolute Gasteiger partial charge is 0.337 e. The van der Waals surface area contributed by atoms with Crippen molar-refractivity contribution >= 4 is 24.7 Å². The van der Waals surface area contributed by atoms with Crippen LogP contribution in [0.2, 0.25) is 0 Å². The lowest BCUT2D eigenvalue weighted by molar-refractivity contribution is 0.0968. The van der Waals surface area contributed by atoms with Crippen LogP contribution < -0.4 is 10.6 Å². The van der Waals surface area contributed by atoms with Gasteiger partial charge in [-0.2, -0.15) is 0 Å². The van der Waals surface area contributed by atoms with Gasteiger partial charge in [0.2, 0.25) is 0 Å². The van der Waals surface area contributed by atoms with Crippen LogP contribution in [0.3, 0.4) is 0 Å². The smallest absolute Gasteiger partial charge is 0.274 e. The average molecular weight is 405 g/mol. The summed E-state index contributed by atoms with van der Waals surface area (Å²) in [6.07, 6.45) is 1.57. The zero-order valence-electron chi connectivity index (χ0n) is 16.4. The summed E-state index contributed by atoms with van der Waals surface area (Å²) in [5, 5.41) is 2.93. The number of hydrogen-bond acceptors (Lipinski definition) is 2. The number of benzene rings is 3. The van der Waals surface area contributed by atoms with Crippen LogP contribution in [0, 0.1) is 0 Å². The molecule has 0 spiro atoms. The minimum atomic E-state index is -4.00. The SMILES string of the molecule is CC(C)c1ccc(/C=C(\NC(=O)c2ccccc2)P(=O)(O)c2ccccc2)cc1. The molecule has 1 atom stereocenters. The maximum Gasteiger partial charge on any atom is 0.274 e. The van der Waals surface area contributed by atoms with Crippen molar-refractivity contribution in [1.82, 2.24) is 5.32 Å². The van der Waals surface area contributed by atoms with E-state index in [1.807, 2.05) is 30.3 Å². The topological polar surface area (TPSA) is 66.4 Å². The maximum atomic E-state index is 13.3. The van der Waals surface area contributed by atoms with Crippen molar-refractivity contribution in [3.8, 4) is 0 Å². The fourth-order valence-corrected chi connectivity index (χ4v) is 4.31. The Morgan fingerprint density at radius 3 is 2.00 bits per heavy atom. The van der Waals surface area contributed by atoms with Gasteiger partial charge in [0.15, 0.2) is 0 Å². The molecule has 3 rings (SSSR count). The summed E-state index contributed by atoms with van der Waals surface area (Å²) in [4.78, 5) is 23.6. The Labute approximate surface area is 171 Å². The molecule has 29 heavy (non-hydrogen) atoms. The molecule has 4 nitrogen and oxygen atoms in total. The second-order valence-corrected chi connectivity index (χ2v) is 9.23. The molecular weight excluding hydrogens is 381 g/mol. The normalized spacial score (nSPS) is 13.7. The lowest BCUT2D eigenvalue weighted by Gasteiger charge is -2.17. The van der Waals surface area contributed by atoms with Crippen LogP contribution in [-0.2, 0) is 4.57 Å². The van der Waals surface area contributed by atoms with Gasteiger partial charge in [-0.05, 0) is 47.4 Å². The highest BCUT2D eigenvalue weighted by Crippen LogP contribution is 2.47. The average Bonchev–Trinajstić information content (AvgIpc) is 2.74. The van der Waals surface area contributed by atoms with Crippen LogP contribution in [0.5, 0.6) is 0 Å². The zero-order chi connectivity index (χ0) is 20.9.